The van der Waals surface area contributed by atoms with Crippen molar-refractivity contribution < 1.29 is 9.53 Å². The highest BCUT2D eigenvalue weighted by Gasteiger charge is 2.07. The van der Waals surface area contributed by atoms with Crippen LogP contribution in [0, 0.1) is 0 Å². The van der Waals surface area contributed by atoms with Gasteiger partial charge in [-0.2, -0.15) is 0 Å². The second-order valence-corrected chi connectivity index (χ2v) is 3.81. The lowest BCUT2D eigenvalue weighted by Gasteiger charge is -2.13. The van der Waals surface area contributed by atoms with E-state index < -0.39 is 5.37 Å². The Bertz CT molecular complexity index is 368. The molecule has 0 aliphatic carbocycles. The Labute approximate surface area is 98.5 Å². The van der Waals surface area contributed by atoms with Gasteiger partial charge >= 0.3 is 5.37 Å². The number of nitrogens with zero attached hydrogens (tertiary/aromatic N) is 1. The molecular weight excluding hydrogens is 237 g/mol. The molecule has 0 unspecified atom stereocenters. The maximum atomic E-state index is 10.8. The largest absolute Gasteiger partial charge is 0.495 e. The van der Waals surface area contributed by atoms with Crippen LogP contribution in [0.3, 0.4) is 0 Å². The second-order valence-electron chi connectivity index (χ2n) is 3.08. The molecule has 0 aromatic heterocycles. The van der Waals surface area contributed by atoms with Gasteiger partial charge in [-0.25, -0.2) is 0 Å². The first-order valence-corrected chi connectivity index (χ1v) is 5.03. The fourth-order valence-electron chi connectivity index (χ4n) is 1.14. The van der Waals surface area contributed by atoms with Gasteiger partial charge in [-0.15, -0.1) is 0 Å². The number of methoxy groups -OCH3 is 1. The lowest BCUT2D eigenvalue weighted by molar-refractivity contribution is 0.230. The topological polar surface area (TPSA) is 29.5 Å². The molecule has 0 aliphatic heterocycles. The molecule has 0 N–H and O–H groups in total. The van der Waals surface area contributed by atoms with Gasteiger partial charge in [0.15, 0.2) is 0 Å². The Kier molecular flexibility index (Phi) is 4.24. The standard InChI is InChI=1S/C10H11Cl2NO2/c1-13(10(12)14)6-7-3-4-9(15-2)8(11)5-7/h3-5H,6H2,1-2H3. The van der Waals surface area contributed by atoms with Crippen LogP contribution >= 0.6 is 23.2 Å². The highest BCUT2D eigenvalue weighted by Crippen LogP contribution is 2.25. The molecule has 0 heterocycles. The predicted molar refractivity (Wildman–Crippen MR) is 60.7 cm³/mol. The lowest BCUT2D eigenvalue weighted by atomic mass is 10.2. The van der Waals surface area contributed by atoms with Crippen molar-refractivity contribution >= 4 is 28.6 Å². The Morgan fingerprint density at radius 1 is 1.53 bits per heavy atom. The van der Waals surface area contributed by atoms with Crippen molar-refractivity contribution in [2.75, 3.05) is 14.2 Å². The zero-order valence-corrected chi connectivity index (χ0v) is 9.97. The summed E-state index contributed by atoms with van der Waals surface area (Å²) in [5.74, 6) is 0.611. The summed E-state index contributed by atoms with van der Waals surface area (Å²) in [6.45, 7) is 0.423. The van der Waals surface area contributed by atoms with Gasteiger partial charge in [-0.1, -0.05) is 17.7 Å². The van der Waals surface area contributed by atoms with E-state index in [1.165, 1.54) is 4.90 Å². The number of carbonyl (C=O) groups excluding carboxylic acids is 1. The van der Waals surface area contributed by atoms with Gasteiger partial charge in [0.05, 0.1) is 12.1 Å². The number of halogens is 2. The molecule has 0 saturated carbocycles. The van der Waals surface area contributed by atoms with Crippen molar-refractivity contribution in [2.45, 2.75) is 6.54 Å². The van der Waals surface area contributed by atoms with E-state index >= 15 is 0 Å². The predicted octanol–water partition coefficient (Wildman–Crippen LogP) is 3.14. The molecule has 0 aliphatic rings. The second kappa shape index (κ2) is 5.24. The van der Waals surface area contributed by atoms with Gasteiger partial charge in [0.1, 0.15) is 5.75 Å². The lowest BCUT2D eigenvalue weighted by Crippen LogP contribution is -2.19. The van der Waals surface area contributed by atoms with Crippen LogP contribution < -0.4 is 4.74 Å². The van der Waals surface area contributed by atoms with Crippen LogP contribution in [0.15, 0.2) is 18.2 Å². The van der Waals surface area contributed by atoms with E-state index in [4.69, 9.17) is 27.9 Å². The van der Waals surface area contributed by atoms with Crippen LogP contribution in [0.1, 0.15) is 5.56 Å². The molecule has 82 valence electrons. The summed E-state index contributed by atoms with van der Waals surface area (Å²) in [4.78, 5) is 12.2. The molecular formula is C10H11Cl2NO2. The van der Waals surface area contributed by atoms with Crippen molar-refractivity contribution in [3.05, 3.63) is 28.8 Å². The van der Waals surface area contributed by atoms with E-state index in [2.05, 4.69) is 0 Å². The van der Waals surface area contributed by atoms with Crippen molar-refractivity contribution in [2.24, 2.45) is 0 Å². The molecule has 0 spiro atoms. The van der Waals surface area contributed by atoms with Crippen LogP contribution in [0.5, 0.6) is 5.75 Å². The van der Waals surface area contributed by atoms with Crippen molar-refractivity contribution in [3.63, 3.8) is 0 Å². The first kappa shape index (κ1) is 12.1. The molecule has 0 radical (unpaired) electrons. The highest BCUT2D eigenvalue weighted by atomic mass is 35.5. The summed E-state index contributed by atoms with van der Waals surface area (Å²) < 4.78 is 5.01. The van der Waals surface area contributed by atoms with E-state index in [9.17, 15) is 4.79 Å². The van der Waals surface area contributed by atoms with Gasteiger partial charge in [0.2, 0.25) is 0 Å². The molecule has 0 bridgehead atoms. The Morgan fingerprint density at radius 3 is 2.67 bits per heavy atom. The fraction of sp³-hybridized carbons (Fsp3) is 0.300. The first-order valence-electron chi connectivity index (χ1n) is 4.27. The van der Waals surface area contributed by atoms with Crippen LogP contribution in [-0.2, 0) is 6.54 Å². The smallest absolute Gasteiger partial charge is 0.316 e. The van der Waals surface area contributed by atoms with Gasteiger partial charge in [-0.05, 0) is 29.3 Å². The quantitative estimate of drug-likeness (QED) is 0.607. The summed E-state index contributed by atoms with van der Waals surface area (Å²) in [7, 11) is 3.17. The van der Waals surface area contributed by atoms with Crippen molar-refractivity contribution in [1.82, 2.24) is 4.90 Å². The number of ether oxygens (including phenoxy) is 1. The fourth-order valence-corrected chi connectivity index (χ4v) is 1.48. The average molecular weight is 248 g/mol. The van der Waals surface area contributed by atoms with E-state index in [1.807, 2.05) is 6.07 Å². The van der Waals surface area contributed by atoms with Crippen LogP contribution in [0.4, 0.5) is 4.79 Å². The van der Waals surface area contributed by atoms with Crippen molar-refractivity contribution in [3.8, 4) is 5.75 Å². The maximum Gasteiger partial charge on any atom is 0.316 e. The normalized spacial score (nSPS) is 9.87. The van der Waals surface area contributed by atoms with Gasteiger partial charge in [-0.3, -0.25) is 4.79 Å². The summed E-state index contributed by atoms with van der Waals surface area (Å²) in [5.41, 5.74) is 0.900. The Balaban J connectivity index is 2.79. The Hall–Kier alpha value is -0.930. The number of benzene rings is 1. The third kappa shape index (κ3) is 3.29. The summed E-state index contributed by atoms with van der Waals surface area (Å²) in [6, 6.07) is 5.34. The molecule has 0 atom stereocenters. The van der Waals surface area contributed by atoms with E-state index in [1.54, 1.807) is 26.3 Å². The number of amides is 1. The highest BCUT2D eigenvalue weighted by molar-refractivity contribution is 6.62. The third-order valence-electron chi connectivity index (χ3n) is 1.94. The van der Waals surface area contributed by atoms with Crippen LogP contribution in [0.2, 0.25) is 5.02 Å². The van der Waals surface area contributed by atoms with Gasteiger partial charge < -0.3 is 9.64 Å². The van der Waals surface area contributed by atoms with Crippen molar-refractivity contribution in [1.29, 1.82) is 0 Å². The maximum absolute atomic E-state index is 10.8. The van der Waals surface area contributed by atoms with E-state index in [-0.39, 0.29) is 0 Å². The van der Waals surface area contributed by atoms with E-state index in [0.29, 0.717) is 17.3 Å². The zero-order valence-electron chi connectivity index (χ0n) is 8.46. The number of hydrogen-bond acceptors (Lipinski definition) is 2. The molecule has 3 nitrogen and oxygen atoms in total. The summed E-state index contributed by atoms with van der Waals surface area (Å²) >= 11 is 11.2. The SMILES string of the molecule is COc1ccc(CN(C)C(=O)Cl)cc1Cl. The molecule has 0 saturated heterocycles. The minimum Gasteiger partial charge on any atom is -0.495 e. The molecule has 5 heteroatoms. The molecule has 1 aromatic rings. The molecule has 1 amide bonds. The monoisotopic (exact) mass is 247 g/mol. The summed E-state index contributed by atoms with van der Waals surface area (Å²) in [5, 5.41) is 0.0207. The minimum atomic E-state index is -0.498. The van der Waals surface area contributed by atoms with E-state index in [0.717, 1.165) is 5.56 Å². The zero-order chi connectivity index (χ0) is 11.4. The Morgan fingerprint density at radius 2 is 2.20 bits per heavy atom. The average Bonchev–Trinajstić information content (AvgIpc) is 2.18. The number of rotatable bonds is 3. The first-order chi connectivity index (χ1) is 7.04. The summed E-state index contributed by atoms with van der Waals surface area (Å²) in [6.07, 6.45) is 0. The number of hydrogen-bond donors (Lipinski definition) is 0. The molecule has 1 rings (SSSR count). The molecule has 1 aromatic carbocycles. The van der Waals surface area contributed by atoms with Gasteiger partial charge in [0, 0.05) is 13.6 Å². The van der Waals surface area contributed by atoms with Crippen LogP contribution in [0.25, 0.3) is 0 Å². The molecule has 15 heavy (non-hydrogen) atoms. The molecule has 0 fully saturated rings. The van der Waals surface area contributed by atoms with Crippen LogP contribution in [-0.4, -0.2) is 24.4 Å². The minimum absolute atomic E-state index is 0.423. The third-order valence-corrected chi connectivity index (χ3v) is 2.52. The van der Waals surface area contributed by atoms with Gasteiger partial charge in [0.25, 0.3) is 0 Å². The number of carbonyl (C=O) groups is 1.